The molecule has 0 aromatic rings. The first-order valence-corrected chi connectivity index (χ1v) is 40.6. The van der Waals surface area contributed by atoms with E-state index < -0.39 is 281 Å². The number of halogens is 1. The number of ether oxygens (including phenoxy) is 7. The van der Waals surface area contributed by atoms with Gasteiger partial charge in [0.25, 0.3) is 5.91 Å². The molecule has 0 spiro atoms. The average Bonchev–Trinajstić information content (AvgIpc) is 0.845. The topological polar surface area (TPSA) is 633 Å². The van der Waals surface area contributed by atoms with Gasteiger partial charge in [-0.3, -0.25) is 62.3 Å². The third-order valence-electron chi connectivity index (χ3n) is 17.9. The van der Waals surface area contributed by atoms with Crippen molar-refractivity contribution in [2.45, 2.75) is 258 Å². The van der Waals surface area contributed by atoms with E-state index in [-0.39, 0.29) is 38.9 Å². The van der Waals surface area contributed by atoms with Crippen molar-refractivity contribution >= 4 is 119 Å². The summed E-state index contributed by atoms with van der Waals surface area (Å²) in [5.41, 5.74) is -0.902. The van der Waals surface area contributed by atoms with E-state index in [2.05, 4.69) is 65.4 Å². The number of nitrogens with one attached hydrogen (secondary N) is 13. The second-order valence-corrected chi connectivity index (χ2v) is 29.1. The Morgan fingerprint density at radius 3 is 1.42 bits per heavy atom. The van der Waals surface area contributed by atoms with Crippen LogP contribution in [0.1, 0.15) is 185 Å². The van der Waals surface area contributed by atoms with Crippen molar-refractivity contribution in [3.63, 3.8) is 0 Å². The molecular formula is C75H125ClN14O30. The summed E-state index contributed by atoms with van der Waals surface area (Å²) in [4.78, 5) is 249. The van der Waals surface area contributed by atoms with Gasteiger partial charge in [0, 0.05) is 32.7 Å². The number of cyclic esters (lactones) is 1. The Morgan fingerprint density at radius 2 is 0.950 bits per heavy atom. The molecule has 1 aliphatic heterocycles. The quantitative estimate of drug-likeness (QED) is 0.00782. The molecule has 12 atom stereocenters. The fourth-order valence-electron chi connectivity index (χ4n) is 10.8. The second kappa shape index (κ2) is 60.2. The normalized spacial score (nSPS) is 20.3. The SMILES string of the molecule is C/C=C1/NC(=O)[C@H]([C@H](C)O)NC(=O)[C@H](CCNC(=O)OCOC(=O)C(C)C)NC(=O)[C@H](CCCCNC(=O)OCOC(=O)C(C)C)NC(=O)[C@H](CC(=O)NCCN(CC)CC)NC(=O)[C@@H](CCNC(=O)OCOC(=O)C(C)C)NC(=O)[C@@H](NC(=O)C[C@@H](O)CCCCCCCCCCC)COC(=O)[C@H]([C@H](O)CCl)NC(=O)[C@H](C(O)C(=O)O)NC1=O. The molecule has 682 valence electrons. The van der Waals surface area contributed by atoms with Gasteiger partial charge in [-0.1, -0.05) is 126 Å². The van der Waals surface area contributed by atoms with E-state index in [1.165, 1.54) is 41.5 Å². The van der Waals surface area contributed by atoms with Gasteiger partial charge >= 0.3 is 48.1 Å². The van der Waals surface area contributed by atoms with Gasteiger partial charge in [0.15, 0.2) is 12.1 Å². The molecule has 45 heteroatoms. The summed E-state index contributed by atoms with van der Waals surface area (Å²) < 4.78 is 34.8. The van der Waals surface area contributed by atoms with Crippen molar-refractivity contribution in [1.29, 1.82) is 0 Å². The summed E-state index contributed by atoms with van der Waals surface area (Å²) in [6, 6.07) is -17.7. The highest BCUT2D eigenvalue weighted by Gasteiger charge is 2.41. The van der Waals surface area contributed by atoms with Crippen LogP contribution in [0.5, 0.6) is 0 Å². The van der Waals surface area contributed by atoms with Gasteiger partial charge in [-0.15, -0.1) is 11.6 Å². The molecule has 1 fully saturated rings. The van der Waals surface area contributed by atoms with E-state index in [4.69, 9.17) is 44.8 Å². The lowest BCUT2D eigenvalue weighted by molar-refractivity contribution is -0.156. The average molecular weight is 1740 g/mol. The van der Waals surface area contributed by atoms with Gasteiger partial charge in [0.05, 0.1) is 54.8 Å². The van der Waals surface area contributed by atoms with Gasteiger partial charge in [0.1, 0.15) is 54.6 Å². The molecule has 44 nitrogen and oxygen atoms in total. The van der Waals surface area contributed by atoms with E-state index in [1.54, 1.807) is 0 Å². The Kier molecular flexibility index (Phi) is 54.0. The lowest BCUT2D eigenvalue weighted by atomic mass is 10.0. The maximum absolute atomic E-state index is 15.2. The predicted octanol–water partition coefficient (Wildman–Crippen LogP) is -2.01. The van der Waals surface area contributed by atoms with E-state index in [0.29, 0.717) is 25.9 Å². The third kappa shape index (κ3) is 44.7. The van der Waals surface area contributed by atoms with Crippen LogP contribution in [-0.4, -0.2) is 289 Å². The number of carbonyl (C=O) groups excluding carboxylic acids is 17. The number of alkyl halides is 1. The minimum atomic E-state index is -2.95. The monoisotopic (exact) mass is 1740 g/mol. The highest BCUT2D eigenvalue weighted by atomic mass is 35.5. The van der Waals surface area contributed by atoms with Crippen LogP contribution in [-0.2, 0) is 105 Å². The second-order valence-electron chi connectivity index (χ2n) is 28.8. The van der Waals surface area contributed by atoms with E-state index in [0.717, 1.165) is 64.9 Å². The minimum absolute atomic E-state index is 0.0547. The Balaban J connectivity index is 4.62. The zero-order chi connectivity index (χ0) is 90.6. The van der Waals surface area contributed by atoms with Crippen molar-refractivity contribution in [2.24, 2.45) is 17.8 Å². The van der Waals surface area contributed by atoms with Crippen LogP contribution < -0.4 is 69.1 Å². The molecule has 0 radical (unpaired) electrons. The van der Waals surface area contributed by atoms with Crippen molar-refractivity contribution < 1.29 is 145 Å². The molecule has 0 aliphatic carbocycles. The van der Waals surface area contributed by atoms with Crippen LogP contribution in [0.3, 0.4) is 0 Å². The first-order chi connectivity index (χ1) is 56.7. The smallest absolute Gasteiger partial charge is 0.410 e. The van der Waals surface area contributed by atoms with E-state index >= 15 is 14.4 Å². The Morgan fingerprint density at radius 1 is 0.500 bits per heavy atom. The van der Waals surface area contributed by atoms with Gasteiger partial charge in [-0.25, -0.2) is 24.0 Å². The van der Waals surface area contributed by atoms with Gasteiger partial charge in [-0.05, 0) is 65.5 Å². The van der Waals surface area contributed by atoms with Crippen LogP contribution in [0, 0.1) is 17.8 Å². The minimum Gasteiger partial charge on any atom is -0.479 e. The lowest BCUT2D eigenvalue weighted by Gasteiger charge is -2.29. The number of carboxylic acids is 1. The number of hydrogen-bond acceptors (Lipinski definition) is 30. The third-order valence-corrected chi connectivity index (χ3v) is 18.3. The fourth-order valence-corrected chi connectivity index (χ4v) is 10.9. The molecule has 0 bridgehead atoms. The number of unbranched alkanes of at least 4 members (excludes halogenated alkanes) is 9. The number of rotatable bonds is 45. The van der Waals surface area contributed by atoms with Crippen LogP contribution in [0.15, 0.2) is 11.8 Å². The predicted molar refractivity (Wildman–Crippen MR) is 422 cm³/mol. The van der Waals surface area contributed by atoms with Crippen LogP contribution in [0.4, 0.5) is 14.4 Å². The number of amides is 13. The Hall–Kier alpha value is -10.3. The summed E-state index contributed by atoms with van der Waals surface area (Å²) >= 11 is 5.98. The number of nitrogens with zero attached hydrogens (tertiary/aromatic N) is 1. The highest BCUT2D eigenvalue weighted by molar-refractivity contribution is 6.18. The van der Waals surface area contributed by atoms with Gasteiger partial charge in [-0.2, -0.15) is 0 Å². The lowest BCUT2D eigenvalue weighted by Crippen LogP contribution is -2.62. The number of hydrogen-bond donors (Lipinski definition) is 18. The Bertz CT molecular complexity index is 3370. The molecule has 1 saturated heterocycles. The molecule has 0 aromatic carbocycles. The molecule has 1 heterocycles. The number of carbonyl (C=O) groups is 18. The van der Waals surface area contributed by atoms with Crippen LogP contribution in [0.2, 0.25) is 0 Å². The summed E-state index contributed by atoms with van der Waals surface area (Å²) in [6.45, 7) is 12.7. The number of allylic oxidation sites excluding steroid dienone is 1. The van der Waals surface area contributed by atoms with Gasteiger partial charge < -0.3 is 133 Å². The van der Waals surface area contributed by atoms with Crippen molar-refractivity contribution in [3.05, 3.63) is 11.8 Å². The fraction of sp³-hybridized carbons (Fsp3) is 0.733. The number of aliphatic carboxylic acids is 1. The number of aliphatic hydroxyl groups is 4. The molecule has 1 unspecified atom stereocenters. The zero-order valence-corrected chi connectivity index (χ0v) is 70.8. The summed E-state index contributed by atoms with van der Waals surface area (Å²) in [5, 5.41) is 83.7. The molecule has 0 aromatic heterocycles. The van der Waals surface area contributed by atoms with Crippen LogP contribution >= 0.6 is 11.6 Å². The maximum atomic E-state index is 15.2. The van der Waals surface area contributed by atoms with Crippen molar-refractivity contribution in [3.8, 4) is 0 Å². The number of carboxylic acid groups (broad SMARTS) is 1. The first kappa shape index (κ1) is 108. The van der Waals surface area contributed by atoms with E-state index in [1.807, 2.05) is 29.4 Å². The van der Waals surface area contributed by atoms with E-state index in [9.17, 15) is 97.5 Å². The highest BCUT2D eigenvalue weighted by Crippen LogP contribution is 2.15. The Labute approximate surface area is 701 Å². The maximum Gasteiger partial charge on any atom is 0.410 e. The van der Waals surface area contributed by atoms with Gasteiger partial charge in [0.2, 0.25) is 73.5 Å². The first-order valence-electron chi connectivity index (χ1n) is 40.0. The molecule has 18 N–H and O–H groups in total. The van der Waals surface area contributed by atoms with Crippen molar-refractivity contribution in [2.75, 3.05) is 78.7 Å². The zero-order valence-electron chi connectivity index (χ0n) is 70.0. The molecule has 120 heavy (non-hydrogen) atoms. The number of likely N-dealkylation sites (N-methyl/N-ethyl adjacent to an activating group) is 1. The summed E-state index contributed by atoms with van der Waals surface area (Å²) in [6.07, 6.45) is -6.87. The molecule has 0 saturated carbocycles. The molecular weight excluding hydrogens is 1610 g/mol. The number of aliphatic hydroxyl groups excluding tert-OH is 4. The van der Waals surface area contributed by atoms with Crippen LogP contribution in [0.25, 0.3) is 0 Å². The standard InChI is InChI=1S/C75H125ClN14O30/c1-12-16-17-18-19-20-21-22-23-26-46(92)35-55(95)81-52-38-114-72(110)57(53(93)37-76)88-67(104)58(59(96)68(105)106)89-60(97)47(13-2)82-66(103)56(45(11)91)87-63(100)50(29-32-80-75(113)120-41-117-71(109)44(9)10)84-61(98)48(27-24-25-30-78-73(111)118-39-115-69(107)42(5)6)83-64(101)51(36-54(94)77-33-34-90(14-3)15-4)86-62(99)49(85-65(52)102)28-31-79-74(112)119-40-116-70(108)43(7)8/h13,42-46,48-53,56-59,91-93,96H,12,14-41H2,1-11H3,(H,77,94)(H,78,111)(H,79,112)(H,80,113)(H,81,95)(H,82,103)(H,83,101)(H,84,98)(H,85,102)(H,86,99)(H,87,100)(H,88,104)(H,89,97)(H,105,106)/b47-13+/t45-,46-,48-,49+,50-,51-,52-,53+,56-,57-,58-,59?/m0/s1. The molecule has 1 aliphatic rings. The number of alkyl carbamates (subject to hydrolysis) is 3. The largest absolute Gasteiger partial charge is 0.479 e. The summed E-state index contributed by atoms with van der Waals surface area (Å²) in [5.74, 6) is -22.8. The molecule has 13 amide bonds. The summed E-state index contributed by atoms with van der Waals surface area (Å²) in [7, 11) is 0. The van der Waals surface area contributed by atoms with Crippen molar-refractivity contribution in [1.82, 2.24) is 74.0 Å². The number of esters is 4. The molecule has 1 rings (SSSR count).